The minimum Gasteiger partial charge on any atom is -0.292 e. The molecule has 128 valence electrons. The van der Waals surface area contributed by atoms with Gasteiger partial charge in [0.25, 0.3) is 5.56 Å². The first-order valence-corrected chi connectivity index (χ1v) is 9.66. The number of hydrogen-bond acceptors (Lipinski definition) is 4. The molecular weight excluding hydrogens is 332 g/mol. The fourth-order valence-electron chi connectivity index (χ4n) is 3.63. The second kappa shape index (κ2) is 6.92. The maximum absolute atomic E-state index is 12.5. The van der Waals surface area contributed by atoms with E-state index in [9.17, 15) is 9.59 Å². The Balaban J connectivity index is 1.52. The molecule has 0 saturated heterocycles. The van der Waals surface area contributed by atoms with E-state index in [1.807, 2.05) is 17.5 Å². The Hall–Kier alpha value is -2.27. The first kappa shape index (κ1) is 16.2. The van der Waals surface area contributed by atoms with Crippen LogP contribution in [0.1, 0.15) is 53.9 Å². The minimum absolute atomic E-state index is 0.0282. The van der Waals surface area contributed by atoms with Crippen LogP contribution in [0.3, 0.4) is 0 Å². The number of nitrogens with zero attached hydrogens (tertiary/aromatic N) is 2. The van der Waals surface area contributed by atoms with Crippen LogP contribution in [0.25, 0.3) is 10.2 Å². The largest absolute Gasteiger partial charge is 0.292 e. The van der Waals surface area contributed by atoms with Crippen molar-refractivity contribution in [1.29, 1.82) is 0 Å². The number of rotatable bonds is 4. The van der Waals surface area contributed by atoms with E-state index in [-0.39, 0.29) is 17.9 Å². The van der Waals surface area contributed by atoms with Gasteiger partial charge in [-0.1, -0.05) is 43.5 Å². The Labute approximate surface area is 150 Å². The zero-order valence-corrected chi connectivity index (χ0v) is 14.8. The summed E-state index contributed by atoms with van der Waals surface area (Å²) in [6, 6.07) is 9.70. The van der Waals surface area contributed by atoms with Crippen LogP contribution in [0.2, 0.25) is 0 Å². The Bertz CT molecular complexity index is 950. The molecule has 0 spiro atoms. The van der Waals surface area contributed by atoms with Gasteiger partial charge < -0.3 is 0 Å². The average Bonchev–Trinajstić information content (AvgIpc) is 3.14. The Morgan fingerprint density at radius 1 is 1.12 bits per heavy atom. The van der Waals surface area contributed by atoms with Crippen LogP contribution in [-0.2, 0) is 6.54 Å². The van der Waals surface area contributed by atoms with Crippen molar-refractivity contribution >= 4 is 27.3 Å². The Morgan fingerprint density at radius 2 is 1.88 bits per heavy atom. The van der Waals surface area contributed by atoms with Gasteiger partial charge in [0.15, 0.2) is 5.78 Å². The molecule has 3 aromatic rings. The van der Waals surface area contributed by atoms with Gasteiger partial charge in [0.05, 0.1) is 18.3 Å². The summed E-state index contributed by atoms with van der Waals surface area (Å²) in [5.41, 5.74) is 1.82. The normalized spacial score (nSPS) is 15.5. The predicted octanol–water partition coefficient (Wildman–Crippen LogP) is 4.39. The van der Waals surface area contributed by atoms with Crippen molar-refractivity contribution in [3.63, 3.8) is 0 Å². The highest BCUT2D eigenvalue weighted by molar-refractivity contribution is 7.16. The highest BCUT2D eigenvalue weighted by atomic mass is 32.1. The fourth-order valence-corrected chi connectivity index (χ4v) is 4.35. The average molecular weight is 352 g/mol. The number of ketones is 1. The second-order valence-corrected chi connectivity index (χ2v) is 7.59. The molecule has 25 heavy (non-hydrogen) atoms. The molecule has 2 aromatic heterocycles. The molecule has 4 rings (SSSR count). The van der Waals surface area contributed by atoms with E-state index in [1.54, 1.807) is 6.07 Å². The van der Waals surface area contributed by atoms with Gasteiger partial charge in [-0.15, -0.1) is 11.3 Å². The number of thiophene rings is 1. The lowest BCUT2D eigenvalue weighted by Gasteiger charge is -2.22. The highest BCUT2D eigenvalue weighted by Crippen LogP contribution is 2.32. The molecule has 0 unspecified atom stereocenters. The monoisotopic (exact) mass is 352 g/mol. The number of Topliss-reactive ketones (excluding diaryl/α,β-unsaturated/α-hetero) is 1. The van der Waals surface area contributed by atoms with Crippen LogP contribution in [-0.4, -0.2) is 15.3 Å². The highest BCUT2D eigenvalue weighted by Gasteiger charge is 2.16. The molecule has 1 fully saturated rings. The van der Waals surface area contributed by atoms with Crippen LogP contribution >= 0.6 is 11.3 Å². The molecule has 1 aliphatic carbocycles. The molecule has 4 nitrogen and oxygen atoms in total. The van der Waals surface area contributed by atoms with Crippen LogP contribution in [0.5, 0.6) is 0 Å². The Kier molecular flexibility index (Phi) is 4.49. The van der Waals surface area contributed by atoms with E-state index >= 15 is 0 Å². The van der Waals surface area contributed by atoms with Gasteiger partial charge in [-0.3, -0.25) is 14.2 Å². The van der Waals surface area contributed by atoms with Crippen LogP contribution < -0.4 is 5.56 Å². The maximum Gasteiger partial charge on any atom is 0.262 e. The van der Waals surface area contributed by atoms with Crippen molar-refractivity contribution in [3.05, 3.63) is 63.5 Å². The van der Waals surface area contributed by atoms with Gasteiger partial charge in [0.2, 0.25) is 0 Å². The number of benzene rings is 1. The van der Waals surface area contributed by atoms with Crippen LogP contribution in [0.15, 0.2) is 46.8 Å². The smallest absolute Gasteiger partial charge is 0.262 e. The number of carbonyl (C=O) groups is 1. The van der Waals surface area contributed by atoms with E-state index in [4.69, 9.17) is 0 Å². The quantitative estimate of drug-likeness (QED) is 0.654. The van der Waals surface area contributed by atoms with Crippen LogP contribution in [0.4, 0.5) is 0 Å². The van der Waals surface area contributed by atoms with Gasteiger partial charge in [-0.2, -0.15) is 0 Å². The summed E-state index contributed by atoms with van der Waals surface area (Å²) >= 11 is 1.43. The summed E-state index contributed by atoms with van der Waals surface area (Å²) in [4.78, 5) is 29.9. The lowest BCUT2D eigenvalue weighted by molar-refractivity contribution is 0.0970. The van der Waals surface area contributed by atoms with Crippen molar-refractivity contribution in [1.82, 2.24) is 9.55 Å². The molecule has 0 bridgehead atoms. The van der Waals surface area contributed by atoms with Crippen molar-refractivity contribution in [3.8, 4) is 0 Å². The fraction of sp³-hybridized carbons (Fsp3) is 0.350. The SMILES string of the molecule is O=C(Cn1cnc2sccc2c1=O)c1ccc(C2CCCCC2)cc1. The van der Waals surface area contributed by atoms with Gasteiger partial charge in [-0.25, -0.2) is 4.98 Å². The second-order valence-electron chi connectivity index (χ2n) is 6.70. The minimum atomic E-state index is -0.154. The van der Waals surface area contributed by atoms with E-state index in [1.165, 1.54) is 59.9 Å². The van der Waals surface area contributed by atoms with Crippen molar-refractivity contribution in [2.45, 2.75) is 44.6 Å². The molecule has 0 aliphatic heterocycles. The zero-order chi connectivity index (χ0) is 17.2. The molecule has 2 heterocycles. The van der Waals surface area contributed by atoms with Crippen LogP contribution in [0, 0.1) is 0 Å². The zero-order valence-electron chi connectivity index (χ0n) is 14.0. The standard InChI is InChI=1S/C20H20N2O2S/c23-18(12-22-13-21-19-17(20(22)24)10-11-25-19)16-8-6-15(7-9-16)14-4-2-1-3-5-14/h6-11,13-14H,1-5,12H2. The summed E-state index contributed by atoms with van der Waals surface area (Å²) in [5.74, 6) is 0.569. The third kappa shape index (κ3) is 3.29. The molecule has 1 aliphatic rings. The van der Waals surface area contributed by atoms with Gasteiger partial charge in [-0.05, 0) is 35.8 Å². The van der Waals surface area contributed by atoms with Crippen molar-refractivity contribution in [2.75, 3.05) is 0 Å². The maximum atomic E-state index is 12.5. The summed E-state index contributed by atoms with van der Waals surface area (Å²) < 4.78 is 1.40. The topological polar surface area (TPSA) is 52.0 Å². The lowest BCUT2D eigenvalue weighted by atomic mass is 9.84. The first-order valence-electron chi connectivity index (χ1n) is 8.78. The molecule has 0 atom stereocenters. The van der Waals surface area contributed by atoms with E-state index in [2.05, 4.69) is 17.1 Å². The first-order chi connectivity index (χ1) is 12.2. The number of aromatic nitrogens is 2. The number of fused-ring (bicyclic) bond motifs is 1. The lowest BCUT2D eigenvalue weighted by Crippen LogP contribution is -2.24. The third-order valence-electron chi connectivity index (χ3n) is 5.07. The summed E-state index contributed by atoms with van der Waals surface area (Å²) in [5, 5.41) is 2.42. The van der Waals surface area contributed by atoms with E-state index in [0.717, 1.165) is 0 Å². The van der Waals surface area contributed by atoms with Gasteiger partial charge in [0, 0.05) is 5.56 Å². The van der Waals surface area contributed by atoms with Crippen molar-refractivity contribution < 1.29 is 4.79 Å². The van der Waals surface area contributed by atoms with E-state index < -0.39 is 0 Å². The van der Waals surface area contributed by atoms with E-state index in [0.29, 0.717) is 21.7 Å². The molecule has 1 aromatic carbocycles. The predicted molar refractivity (Wildman–Crippen MR) is 100 cm³/mol. The molecule has 1 saturated carbocycles. The summed E-state index contributed by atoms with van der Waals surface area (Å²) in [6.45, 7) is 0.0282. The van der Waals surface area contributed by atoms with Crippen molar-refractivity contribution in [2.24, 2.45) is 0 Å². The number of hydrogen-bond donors (Lipinski definition) is 0. The summed E-state index contributed by atoms with van der Waals surface area (Å²) in [6.07, 6.45) is 7.89. The molecule has 0 radical (unpaired) electrons. The molecule has 5 heteroatoms. The number of carbonyl (C=O) groups excluding carboxylic acids is 1. The Morgan fingerprint density at radius 3 is 2.64 bits per heavy atom. The summed E-state index contributed by atoms with van der Waals surface area (Å²) in [7, 11) is 0. The molecular formula is C20H20N2O2S. The van der Waals surface area contributed by atoms with Gasteiger partial charge >= 0.3 is 0 Å². The molecule has 0 amide bonds. The molecule has 0 N–H and O–H groups in total. The van der Waals surface area contributed by atoms with Gasteiger partial charge in [0.1, 0.15) is 4.83 Å². The third-order valence-corrected chi connectivity index (χ3v) is 5.89.